The molecule has 6 rings (SSSR count). The maximum absolute atomic E-state index is 13.4. The van der Waals surface area contributed by atoms with Crippen LogP contribution in [0.5, 0.6) is 5.75 Å². The van der Waals surface area contributed by atoms with Crippen molar-refractivity contribution >= 4 is 63.9 Å². The summed E-state index contributed by atoms with van der Waals surface area (Å²) in [6, 6.07) is 18.3. The maximum Gasteiger partial charge on any atom is 0.333 e. The number of unbranched alkanes of at least 4 members (excludes halogenated alkanes) is 7. The standard InChI is InChI=1S/C46H49N3O11S/c50-31-16-19-34-37(27-31)59-38-28-32(51)17-20-35(38)42(34)33-18-15-30(26-36(33)46(57)58)44(55)47-23-24-48-45(56)43(29-12-8-7-9-13-29)61-25-11-6-4-2-1-3-5-10-14-41(54)60-49-39(52)21-22-40(49)53/h7-9,12-13,15-20,27-28,36,43,50H,1-6,10-11,14,21-26H2,(H,47,55)(H,48,56)(H,57,58). The van der Waals surface area contributed by atoms with Crippen molar-refractivity contribution in [1.29, 1.82) is 0 Å². The summed E-state index contributed by atoms with van der Waals surface area (Å²) in [4.78, 5) is 91.5. The minimum Gasteiger partial charge on any atom is -0.508 e. The number of phenols is 1. The number of aromatic hydroxyl groups is 1. The second kappa shape index (κ2) is 21.3. The summed E-state index contributed by atoms with van der Waals surface area (Å²) in [5.74, 6) is -3.39. The molecule has 2 aromatic carbocycles. The van der Waals surface area contributed by atoms with Crippen LogP contribution < -0.4 is 16.1 Å². The molecule has 15 heteroatoms. The summed E-state index contributed by atoms with van der Waals surface area (Å²) in [7, 11) is 0. The van der Waals surface area contributed by atoms with Crippen molar-refractivity contribution in [2.45, 2.75) is 82.3 Å². The van der Waals surface area contributed by atoms with Crippen molar-refractivity contribution in [3.63, 3.8) is 0 Å². The van der Waals surface area contributed by atoms with Crippen molar-refractivity contribution in [2.24, 2.45) is 5.92 Å². The first-order chi connectivity index (χ1) is 29.5. The number of aliphatic carboxylic acids is 1. The van der Waals surface area contributed by atoms with Gasteiger partial charge in [-0.1, -0.05) is 81.0 Å². The van der Waals surface area contributed by atoms with Crippen LogP contribution >= 0.6 is 11.8 Å². The molecule has 2 aromatic rings. The molecule has 1 fully saturated rings. The lowest BCUT2D eigenvalue weighted by Gasteiger charge is -2.25. The molecule has 4 aliphatic rings. The lowest BCUT2D eigenvalue weighted by atomic mass is 9.80. The third kappa shape index (κ3) is 11.7. The summed E-state index contributed by atoms with van der Waals surface area (Å²) in [6.45, 7) is 0.299. The number of carbonyl (C=O) groups excluding carboxylic acids is 5. The van der Waals surface area contributed by atoms with E-state index in [0.717, 1.165) is 56.3 Å². The van der Waals surface area contributed by atoms with Gasteiger partial charge in [-0.05, 0) is 60.4 Å². The van der Waals surface area contributed by atoms with E-state index in [1.54, 1.807) is 36.0 Å². The number of nitrogens with zero attached hydrogens (tertiary/aromatic N) is 1. The Labute approximate surface area is 356 Å². The smallest absolute Gasteiger partial charge is 0.333 e. The zero-order valence-corrected chi connectivity index (χ0v) is 34.5. The van der Waals surface area contributed by atoms with Gasteiger partial charge in [0, 0.05) is 66.6 Å². The molecular formula is C46H49N3O11S. The molecule has 2 unspecified atom stereocenters. The molecule has 14 nitrogen and oxygen atoms in total. The highest BCUT2D eigenvalue weighted by Crippen LogP contribution is 2.43. The van der Waals surface area contributed by atoms with Gasteiger partial charge >= 0.3 is 11.9 Å². The Bertz CT molecular complexity index is 2340. The molecule has 320 valence electrons. The highest BCUT2D eigenvalue weighted by Gasteiger charge is 2.34. The van der Waals surface area contributed by atoms with E-state index in [1.165, 1.54) is 24.3 Å². The zero-order chi connectivity index (χ0) is 43.3. The van der Waals surface area contributed by atoms with Gasteiger partial charge < -0.3 is 30.1 Å². The monoisotopic (exact) mass is 851 g/mol. The van der Waals surface area contributed by atoms with Crippen molar-refractivity contribution in [2.75, 3.05) is 18.8 Å². The van der Waals surface area contributed by atoms with E-state index in [2.05, 4.69) is 10.6 Å². The number of allylic oxidation sites excluding steroid dienone is 2. The largest absolute Gasteiger partial charge is 0.508 e. The van der Waals surface area contributed by atoms with Crippen LogP contribution in [0.25, 0.3) is 27.9 Å². The number of rotatable bonds is 21. The first-order valence-corrected chi connectivity index (χ1v) is 21.7. The normalized spacial score (nSPS) is 15.7. The van der Waals surface area contributed by atoms with Gasteiger partial charge in [0.05, 0.1) is 5.92 Å². The Hall–Kier alpha value is -6.22. The minimum absolute atomic E-state index is 0.0549. The molecule has 4 N–H and O–H groups in total. The second-order valence-corrected chi connectivity index (χ2v) is 16.3. The van der Waals surface area contributed by atoms with Gasteiger partial charge in [-0.3, -0.25) is 28.8 Å². The molecule has 0 spiro atoms. The average Bonchev–Trinajstić information content (AvgIpc) is 3.56. The van der Waals surface area contributed by atoms with Gasteiger partial charge in [0.2, 0.25) is 11.8 Å². The third-order valence-electron chi connectivity index (χ3n) is 10.6. The Morgan fingerprint density at radius 3 is 2.23 bits per heavy atom. The van der Waals surface area contributed by atoms with Crippen molar-refractivity contribution in [1.82, 2.24) is 15.7 Å². The number of nitrogens with one attached hydrogen (secondary N) is 2. The van der Waals surface area contributed by atoms with Crippen LogP contribution in [-0.2, 0) is 33.6 Å². The number of amides is 4. The Morgan fingerprint density at radius 2 is 1.51 bits per heavy atom. The lowest BCUT2D eigenvalue weighted by molar-refractivity contribution is -0.197. The number of carboxylic acids is 1. The van der Waals surface area contributed by atoms with E-state index in [1.807, 2.05) is 30.3 Å². The molecule has 4 amide bonds. The van der Waals surface area contributed by atoms with Crippen LogP contribution in [0.3, 0.4) is 0 Å². The number of hydrogen-bond donors (Lipinski definition) is 4. The molecule has 2 aliphatic heterocycles. The van der Waals surface area contributed by atoms with E-state index in [9.17, 15) is 43.8 Å². The van der Waals surface area contributed by atoms with Crippen molar-refractivity contribution in [3.05, 3.63) is 106 Å². The van der Waals surface area contributed by atoms with Crippen LogP contribution in [0.1, 0.15) is 93.4 Å². The number of hydroxylamine groups is 2. The molecular weight excluding hydrogens is 803 g/mol. The van der Waals surface area contributed by atoms with Gasteiger partial charge in [-0.2, -0.15) is 0 Å². The predicted octanol–water partition coefficient (Wildman–Crippen LogP) is 6.84. The minimum atomic E-state index is -1.13. The number of carboxylic acid groups (broad SMARTS) is 1. The van der Waals surface area contributed by atoms with Gasteiger partial charge in [0.15, 0.2) is 5.43 Å². The summed E-state index contributed by atoms with van der Waals surface area (Å²) in [6.07, 6.45) is 11.0. The first kappa shape index (κ1) is 44.3. The molecule has 0 bridgehead atoms. The molecule has 0 saturated carbocycles. The number of imide groups is 1. The quantitative estimate of drug-likeness (QED) is 0.0386. The summed E-state index contributed by atoms with van der Waals surface area (Å²) in [5, 5.41) is 26.9. The number of hydrogen-bond acceptors (Lipinski definition) is 11. The number of fused-ring (bicyclic) bond motifs is 2. The van der Waals surface area contributed by atoms with E-state index < -0.39 is 40.8 Å². The number of carbonyl (C=O) groups is 6. The van der Waals surface area contributed by atoms with Gasteiger partial charge in [-0.15, -0.1) is 16.8 Å². The molecule has 0 aromatic heterocycles. The van der Waals surface area contributed by atoms with Crippen LogP contribution in [0.15, 0.2) is 93.7 Å². The number of benzene rings is 3. The topological polar surface area (TPSA) is 210 Å². The zero-order valence-electron chi connectivity index (χ0n) is 33.7. The van der Waals surface area contributed by atoms with E-state index in [0.29, 0.717) is 33.6 Å². The Morgan fingerprint density at radius 1 is 0.820 bits per heavy atom. The van der Waals surface area contributed by atoms with Crippen LogP contribution in [0.2, 0.25) is 0 Å². The predicted molar refractivity (Wildman–Crippen MR) is 229 cm³/mol. The highest BCUT2D eigenvalue weighted by atomic mass is 32.2. The molecule has 2 atom stereocenters. The van der Waals surface area contributed by atoms with Gasteiger partial charge in [-0.25, -0.2) is 4.79 Å². The fraction of sp³-hybridized carbons (Fsp3) is 0.370. The van der Waals surface area contributed by atoms with Crippen molar-refractivity contribution in [3.8, 4) is 17.1 Å². The Balaban J connectivity index is 0.940. The highest BCUT2D eigenvalue weighted by molar-refractivity contribution is 8.00. The average molecular weight is 852 g/mol. The first-order valence-electron chi connectivity index (χ1n) is 20.6. The fourth-order valence-electron chi connectivity index (χ4n) is 7.48. The number of thioether (sulfide) groups is 1. The van der Waals surface area contributed by atoms with E-state index in [-0.39, 0.29) is 72.8 Å². The van der Waals surface area contributed by atoms with Crippen LogP contribution in [-0.4, -0.2) is 69.7 Å². The maximum atomic E-state index is 13.4. The summed E-state index contributed by atoms with van der Waals surface area (Å²) < 4.78 is 5.91. The van der Waals surface area contributed by atoms with Crippen LogP contribution in [0.4, 0.5) is 0 Å². The SMILES string of the molecule is O=C(CCCCCCCCCCSC(C(=O)NCCNC(=O)C1=CC=C(c2c3ccc(=O)cc-3oc3cc(O)ccc23)C(C(=O)O)C1)c1ccccc1)ON1C(=O)CCC1=O. The number of phenolic OH excluding ortho intramolecular Hbond substituents is 1. The molecule has 0 radical (unpaired) electrons. The van der Waals surface area contributed by atoms with E-state index >= 15 is 0 Å². The molecule has 2 aliphatic carbocycles. The molecule has 2 heterocycles. The fourth-order valence-corrected chi connectivity index (χ4v) is 8.67. The molecule has 61 heavy (non-hydrogen) atoms. The summed E-state index contributed by atoms with van der Waals surface area (Å²) in [5.41, 5.74) is 2.62. The summed E-state index contributed by atoms with van der Waals surface area (Å²) >= 11 is 1.57. The van der Waals surface area contributed by atoms with Crippen LogP contribution in [0, 0.1) is 5.92 Å². The third-order valence-corrected chi connectivity index (χ3v) is 12.0. The van der Waals surface area contributed by atoms with E-state index in [4.69, 9.17) is 9.25 Å². The van der Waals surface area contributed by atoms with Crippen molar-refractivity contribution < 1.29 is 48.2 Å². The molecule has 1 saturated heterocycles. The van der Waals surface area contributed by atoms with Gasteiger partial charge in [0.1, 0.15) is 22.3 Å². The Kier molecular flexibility index (Phi) is 15.5. The second-order valence-electron chi connectivity index (χ2n) is 15.1. The van der Waals surface area contributed by atoms with Gasteiger partial charge in [0.25, 0.3) is 11.8 Å². The lowest BCUT2D eigenvalue weighted by Crippen LogP contribution is -2.37.